The van der Waals surface area contributed by atoms with Crippen LogP contribution in [0.15, 0.2) is 64.6 Å². The maximum absolute atomic E-state index is 9.38. The van der Waals surface area contributed by atoms with Gasteiger partial charge < -0.3 is 16.2 Å². The number of nitrogens with zero attached hydrogens (tertiary/aromatic N) is 1. The van der Waals surface area contributed by atoms with Gasteiger partial charge in [0.25, 0.3) is 0 Å². The highest BCUT2D eigenvalue weighted by Crippen LogP contribution is 2.35. The fourth-order valence-electron chi connectivity index (χ4n) is 2.43. The zero-order valence-electron chi connectivity index (χ0n) is 9.22. The number of nitrogens with one attached hydrogen (secondary N) is 1. The van der Waals surface area contributed by atoms with Gasteiger partial charge in [0.1, 0.15) is 5.54 Å². The first-order valence-corrected chi connectivity index (χ1v) is 5.47. The van der Waals surface area contributed by atoms with Gasteiger partial charge in [-0.2, -0.15) is 0 Å². The van der Waals surface area contributed by atoms with Gasteiger partial charge in [0.15, 0.2) is 0 Å². The summed E-state index contributed by atoms with van der Waals surface area (Å²) in [6.07, 6.45) is 13.2. The molecule has 0 aromatic rings. The highest BCUT2D eigenvalue weighted by atomic mass is 16.3. The predicted octanol–water partition coefficient (Wildman–Crippen LogP) is 0.512. The number of nitrogens with two attached hydrogens (primary N) is 1. The van der Waals surface area contributed by atoms with Gasteiger partial charge in [-0.3, -0.25) is 4.99 Å². The van der Waals surface area contributed by atoms with Gasteiger partial charge in [-0.1, -0.05) is 18.2 Å². The van der Waals surface area contributed by atoms with Crippen molar-refractivity contribution in [3.63, 3.8) is 0 Å². The second-order valence-corrected chi connectivity index (χ2v) is 4.16. The Morgan fingerprint density at radius 2 is 2.24 bits per heavy atom. The molecule has 0 bridgehead atoms. The van der Waals surface area contributed by atoms with Crippen LogP contribution in [-0.2, 0) is 0 Å². The molecular weight excluding hydrogens is 214 g/mol. The van der Waals surface area contributed by atoms with Gasteiger partial charge in [0.2, 0.25) is 0 Å². The highest BCUT2D eigenvalue weighted by Gasteiger charge is 2.42. The van der Waals surface area contributed by atoms with E-state index in [0.29, 0.717) is 5.70 Å². The van der Waals surface area contributed by atoms with Gasteiger partial charge in [0, 0.05) is 11.1 Å². The number of rotatable bonds is 1. The van der Waals surface area contributed by atoms with Gasteiger partial charge in [-0.25, -0.2) is 0 Å². The summed E-state index contributed by atoms with van der Waals surface area (Å²) >= 11 is 0. The van der Waals surface area contributed by atoms with Crippen molar-refractivity contribution in [3.8, 4) is 0 Å². The SMILES string of the molecule is NC1=CN=C2C(CO)=CC=CC23NC=CC=C13. The van der Waals surface area contributed by atoms with Crippen LogP contribution in [0.4, 0.5) is 0 Å². The van der Waals surface area contributed by atoms with Crippen LogP contribution in [-0.4, -0.2) is 23.0 Å². The third-order valence-electron chi connectivity index (χ3n) is 3.23. The van der Waals surface area contributed by atoms with E-state index in [9.17, 15) is 5.11 Å². The van der Waals surface area contributed by atoms with E-state index in [0.717, 1.165) is 16.9 Å². The zero-order chi connectivity index (χ0) is 11.9. The first kappa shape index (κ1) is 10.1. The lowest BCUT2D eigenvalue weighted by Gasteiger charge is -2.40. The molecule has 4 N–H and O–H groups in total. The Kier molecular flexibility index (Phi) is 2.06. The number of dihydropyridines is 1. The Balaban J connectivity index is 2.22. The summed E-state index contributed by atoms with van der Waals surface area (Å²) in [5.74, 6) is 0. The molecule has 0 aromatic carbocycles. The van der Waals surface area contributed by atoms with Crippen molar-refractivity contribution < 1.29 is 5.11 Å². The standard InChI is InChI=1S/C13H13N3O/c14-11-7-15-12-9(8-17)3-1-5-13(12)10(11)4-2-6-16-13/h1-7,16-17H,8,14H2. The van der Waals surface area contributed by atoms with Crippen molar-refractivity contribution >= 4 is 5.71 Å². The summed E-state index contributed by atoms with van der Waals surface area (Å²) in [6, 6.07) is 0. The average Bonchev–Trinajstić information content (AvgIpc) is 2.37. The molecule has 0 amide bonds. The van der Waals surface area contributed by atoms with Crippen molar-refractivity contribution in [2.75, 3.05) is 6.61 Å². The minimum Gasteiger partial charge on any atom is -0.397 e. The molecule has 17 heavy (non-hydrogen) atoms. The summed E-state index contributed by atoms with van der Waals surface area (Å²) in [4.78, 5) is 4.37. The van der Waals surface area contributed by atoms with Crippen LogP contribution >= 0.6 is 0 Å². The van der Waals surface area contributed by atoms with E-state index in [1.165, 1.54) is 0 Å². The monoisotopic (exact) mass is 227 g/mol. The lowest BCUT2D eigenvalue weighted by Crippen LogP contribution is -2.54. The molecule has 1 spiro atoms. The molecule has 3 rings (SSSR count). The van der Waals surface area contributed by atoms with E-state index in [1.807, 2.05) is 36.6 Å². The molecule has 1 atom stereocenters. The number of allylic oxidation sites excluding steroid dienone is 4. The molecule has 2 heterocycles. The molecule has 3 aliphatic rings. The number of aliphatic hydroxyl groups is 1. The lowest BCUT2D eigenvalue weighted by atomic mass is 9.75. The second kappa shape index (κ2) is 3.46. The summed E-state index contributed by atoms with van der Waals surface area (Å²) in [6.45, 7) is -0.0304. The maximum Gasteiger partial charge on any atom is 0.126 e. The van der Waals surface area contributed by atoms with Crippen LogP contribution in [0.1, 0.15) is 0 Å². The normalized spacial score (nSPS) is 29.2. The van der Waals surface area contributed by atoms with E-state index in [-0.39, 0.29) is 6.61 Å². The summed E-state index contributed by atoms with van der Waals surface area (Å²) in [5, 5.41) is 12.7. The van der Waals surface area contributed by atoms with Crippen molar-refractivity contribution in [1.82, 2.24) is 5.32 Å². The quantitative estimate of drug-likeness (QED) is 0.611. The van der Waals surface area contributed by atoms with Gasteiger partial charge >= 0.3 is 0 Å². The van der Waals surface area contributed by atoms with E-state index < -0.39 is 5.54 Å². The number of hydrogen-bond donors (Lipinski definition) is 3. The largest absolute Gasteiger partial charge is 0.397 e. The molecule has 0 radical (unpaired) electrons. The minimum absolute atomic E-state index is 0.0304. The topological polar surface area (TPSA) is 70.6 Å². The second-order valence-electron chi connectivity index (χ2n) is 4.16. The van der Waals surface area contributed by atoms with Crippen molar-refractivity contribution in [2.24, 2.45) is 10.7 Å². The van der Waals surface area contributed by atoms with Crippen LogP contribution < -0.4 is 11.1 Å². The fraction of sp³-hybridized carbons (Fsp3) is 0.154. The minimum atomic E-state index is -0.513. The molecule has 1 unspecified atom stereocenters. The van der Waals surface area contributed by atoms with E-state index in [2.05, 4.69) is 10.3 Å². The van der Waals surface area contributed by atoms with E-state index in [4.69, 9.17) is 5.73 Å². The molecule has 0 aromatic heterocycles. The van der Waals surface area contributed by atoms with Gasteiger partial charge in [-0.05, 0) is 18.4 Å². The Bertz CT molecular complexity index is 549. The zero-order valence-corrected chi connectivity index (χ0v) is 9.22. The lowest BCUT2D eigenvalue weighted by molar-refractivity contribution is 0.335. The number of aliphatic imine (C=N–C) groups is 1. The smallest absolute Gasteiger partial charge is 0.126 e. The van der Waals surface area contributed by atoms with Crippen molar-refractivity contribution in [2.45, 2.75) is 5.54 Å². The maximum atomic E-state index is 9.38. The highest BCUT2D eigenvalue weighted by molar-refractivity contribution is 6.14. The van der Waals surface area contributed by atoms with Crippen molar-refractivity contribution in [3.05, 3.63) is 59.6 Å². The van der Waals surface area contributed by atoms with E-state index >= 15 is 0 Å². The van der Waals surface area contributed by atoms with Crippen molar-refractivity contribution in [1.29, 1.82) is 0 Å². The molecule has 2 aliphatic heterocycles. The molecule has 0 saturated carbocycles. The van der Waals surface area contributed by atoms with Crippen LogP contribution in [0.2, 0.25) is 0 Å². The molecule has 4 heteroatoms. The predicted molar refractivity (Wildman–Crippen MR) is 67.1 cm³/mol. The molecule has 1 aliphatic carbocycles. The molecule has 0 fully saturated rings. The van der Waals surface area contributed by atoms with Gasteiger partial charge in [-0.15, -0.1) is 0 Å². The first-order valence-electron chi connectivity index (χ1n) is 5.47. The van der Waals surface area contributed by atoms with Crippen LogP contribution in [0.3, 0.4) is 0 Å². The van der Waals surface area contributed by atoms with Gasteiger partial charge in [0.05, 0.1) is 24.2 Å². The van der Waals surface area contributed by atoms with E-state index in [1.54, 1.807) is 6.20 Å². The Hall–Kier alpha value is -2.07. The first-order chi connectivity index (χ1) is 8.28. The van der Waals surface area contributed by atoms with Crippen LogP contribution in [0.5, 0.6) is 0 Å². The number of hydrogen-bond acceptors (Lipinski definition) is 4. The average molecular weight is 227 g/mol. The Morgan fingerprint density at radius 3 is 3.06 bits per heavy atom. The molecular formula is C13H13N3O. The molecule has 86 valence electrons. The molecule has 4 nitrogen and oxygen atoms in total. The summed E-state index contributed by atoms with van der Waals surface area (Å²) in [7, 11) is 0. The Morgan fingerprint density at radius 1 is 1.35 bits per heavy atom. The fourth-order valence-corrected chi connectivity index (χ4v) is 2.43. The number of aliphatic hydroxyl groups excluding tert-OH is 1. The Labute approximate surface area is 99.2 Å². The third-order valence-corrected chi connectivity index (χ3v) is 3.23. The van der Waals surface area contributed by atoms with Crippen LogP contribution in [0.25, 0.3) is 0 Å². The summed E-state index contributed by atoms with van der Waals surface area (Å²) < 4.78 is 0. The van der Waals surface area contributed by atoms with Crippen LogP contribution in [0, 0.1) is 0 Å². The third kappa shape index (κ3) is 1.24. The molecule has 0 saturated heterocycles. The summed E-state index contributed by atoms with van der Waals surface area (Å²) in [5.41, 5.74) is 8.70.